The summed E-state index contributed by atoms with van der Waals surface area (Å²) in [6.07, 6.45) is 8.61. The Kier molecular flexibility index (Phi) is 4.50. The Labute approximate surface area is 117 Å². The van der Waals surface area contributed by atoms with Gasteiger partial charge in [0.05, 0.1) is 5.69 Å². The highest BCUT2D eigenvalue weighted by Gasteiger charge is 2.36. The maximum Gasteiger partial charge on any atom is 0.203 e. The lowest BCUT2D eigenvalue weighted by atomic mass is 9.96. The van der Waals surface area contributed by atoms with Crippen LogP contribution >= 0.6 is 0 Å². The number of nitrogens with one attached hydrogen (secondary N) is 1. The van der Waals surface area contributed by atoms with Gasteiger partial charge in [-0.2, -0.15) is 0 Å². The maximum absolute atomic E-state index is 4.61. The molecule has 0 bridgehead atoms. The second kappa shape index (κ2) is 5.95. The lowest BCUT2D eigenvalue weighted by Gasteiger charge is -2.37. The average molecular weight is 264 g/mol. The van der Waals surface area contributed by atoms with Crippen LogP contribution in [-0.2, 0) is 6.54 Å². The maximum atomic E-state index is 4.61. The average Bonchev–Trinajstić information content (AvgIpc) is 2.95. The number of imidazole rings is 1. The second-order valence-corrected chi connectivity index (χ2v) is 6.09. The van der Waals surface area contributed by atoms with Crippen LogP contribution in [0.2, 0.25) is 0 Å². The van der Waals surface area contributed by atoms with Gasteiger partial charge in [0.1, 0.15) is 0 Å². The lowest BCUT2D eigenvalue weighted by Crippen LogP contribution is -2.45. The number of aromatic nitrogens is 2. The summed E-state index contributed by atoms with van der Waals surface area (Å²) in [4.78, 5) is 7.03. The zero-order valence-electron chi connectivity index (χ0n) is 12.9. The molecule has 0 saturated heterocycles. The Balaban J connectivity index is 2.16. The predicted molar refractivity (Wildman–Crippen MR) is 80.6 cm³/mol. The van der Waals surface area contributed by atoms with Crippen molar-refractivity contribution < 1.29 is 0 Å². The monoisotopic (exact) mass is 264 g/mol. The molecule has 1 heterocycles. The number of likely N-dealkylation sites (N-methyl/N-ethyl adjacent to an activating group) is 1. The van der Waals surface area contributed by atoms with E-state index >= 15 is 0 Å². The van der Waals surface area contributed by atoms with Crippen LogP contribution in [0, 0.1) is 6.92 Å². The molecule has 1 aromatic rings. The predicted octanol–water partition coefficient (Wildman–Crippen LogP) is 2.89. The number of aryl methyl sites for hydroxylation is 1. The highest BCUT2D eigenvalue weighted by Crippen LogP contribution is 2.35. The van der Waals surface area contributed by atoms with Crippen LogP contribution in [0.4, 0.5) is 5.95 Å². The Morgan fingerprint density at radius 1 is 1.37 bits per heavy atom. The summed E-state index contributed by atoms with van der Waals surface area (Å²) in [6, 6.07) is 0. The molecule has 0 amide bonds. The topological polar surface area (TPSA) is 33.1 Å². The van der Waals surface area contributed by atoms with Crippen molar-refractivity contribution in [1.29, 1.82) is 0 Å². The first-order chi connectivity index (χ1) is 9.07. The van der Waals surface area contributed by atoms with E-state index in [9.17, 15) is 0 Å². The summed E-state index contributed by atoms with van der Waals surface area (Å²) in [5.41, 5.74) is 1.42. The number of rotatable bonds is 6. The number of nitrogens with zero attached hydrogens (tertiary/aromatic N) is 3. The molecular formula is C15H28N4. The van der Waals surface area contributed by atoms with E-state index in [4.69, 9.17) is 0 Å². The third-order valence-electron chi connectivity index (χ3n) is 4.38. The fraction of sp³-hybridized carbons (Fsp3) is 0.800. The van der Waals surface area contributed by atoms with E-state index < -0.39 is 0 Å². The Hall–Kier alpha value is -1.03. The summed E-state index contributed by atoms with van der Waals surface area (Å²) in [6.45, 7) is 6.30. The van der Waals surface area contributed by atoms with E-state index in [-0.39, 0.29) is 0 Å². The Morgan fingerprint density at radius 3 is 2.63 bits per heavy atom. The van der Waals surface area contributed by atoms with Crippen molar-refractivity contribution in [2.75, 3.05) is 26.0 Å². The molecule has 1 fully saturated rings. The van der Waals surface area contributed by atoms with Gasteiger partial charge in [-0.25, -0.2) is 4.98 Å². The van der Waals surface area contributed by atoms with Gasteiger partial charge in [-0.1, -0.05) is 19.8 Å². The summed E-state index contributed by atoms with van der Waals surface area (Å²) >= 11 is 0. The standard InChI is InChI=1S/C15H28N4/c1-5-10-16-14-17-13(2)11-19(14)12-15(18(3)4)8-6-7-9-15/h11H,5-10,12H2,1-4H3,(H,16,17). The molecule has 0 aliphatic heterocycles. The summed E-state index contributed by atoms with van der Waals surface area (Å²) in [7, 11) is 4.43. The quantitative estimate of drug-likeness (QED) is 0.857. The molecule has 108 valence electrons. The molecule has 4 heteroatoms. The van der Waals surface area contributed by atoms with Gasteiger partial charge in [-0.15, -0.1) is 0 Å². The number of hydrogen-bond donors (Lipinski definition) is 1. The lowest BCUT2D eigenvalue weighted by molar-refractivity contribution is 0.134. The molecule has 0 aromatic carbocycles. The van der Waals surface area contributed by atoms with Crippen molar-refractivity contribution in [3.63, 3.8) is 0 Å². The molecule has 4 nitrogen and oxygen atoms in total. The first-order valence-corrected chi connectivity index (χ1v) is 7.52. The van der Waals surface area contributed by atoms with Crippen molar-refractivity contribution in [1.82, 2.24) is 14.5 Å². The van der Waals surface area contributed by atoms with Crippen LogP contribution in [-0.4, -0.2) is 40.6 Å². The molecule has 0 radical (unpaired) electrons. The molecule has 1 aromatic heterocycles. The first-order valence-electron chi connectivity index (χ1n) is 7.52. The number of anilines is 1. The molecule has 1 aliphatic rings. The van der Waals surface area contributed by atoms with E-state index in [0.717, 1.165) is 31.2 Å². The van der Waals surface area contributed by atoms with E-state index in [1.54, 1.807) is 0 Å². The van der Waals surface area contributed by atoms with Crippen molar-refractivity contribution in [2.24, 2.45) is 0 Å². The zero-order chi connectivity index (χ0) is 13.9. The van der Waals surface area contributed by atoms with E-state index in [1.165, 1.54) is 25.7 Å². The summed E-state index contributed by atoms with van der Waals surface area (Å²) in [5.74, 6) is 1.03. The third-order valence-corrected chi connectivity index (χ3v) is 4.38. The third kappa shape index (κ3) is 3.11. The molecule has 2 rings (SSSR count). The fourth-order valence-electron chi connectivity index (χ4n) is 3.14. The molecular weight excluding hydrogens is 236 g/mol. The Bertz CT molecular complexity index is 402. The number of hydrogen-bond acceptors (Lipinski definition) is 3. The normalized spacial score (nSPS) is 18.2. The highest BCUT2D eigenvalue weighted by atomic mass is 15.2. The van der Waals surface area contributed by atoms with Gasteiger partial charge in [0, 0.05) is 24.8 Å². The minimum absolute atomic E-state index is 0.315. The van der Waals surface area contributed by atoms with Gasteiger partial charge in [-0.05, 0) is 40.3 Å². The highest BCUT2D eigenvalue weighted by molar-refractivity contribution is 5.29. The van der Waals surface area contributed by atoms with Gasteiger partial charge < -0.3 is 14.8 Å². The van der Waals surface area contributed by atoms with Crippen molar-refractivity contribution >= 4 is 5.95 Å². The first kappa shape index (κ1) is 14.4. The van der Waals surface area contributed by atoms with Gasteiger partial charge in [0.25, 0.3) is 0 Å². The molecule has 1 aliphatic carbocycles. The molecule has 1 saturated carbocycles. The van der Waals surface area contributed by atoms with Gasteiger partial charge in [0.2, 0.25) is 5.95 Å². The van der Waals surface area contributed by atoms with Crippen LogP contribution in [0.3, 0.4) is 0 Å². The van der Waals surface area contributed by atoms with Gasteiger partial charge in [0.15, 0.2) is 0 Å². The molecule has 1 N–H and O–H groups in total. The molecule has 0 unspecified atom stereocenters. The molecule has 0 atom stereocenters. The molecule has 19 heavy (non-hydrogen) atoms. The minimum atomic E-state index is 0.315. The zero-order valence-corrected chi connectivity index (χ0v) is 12.9. The van der Waals surface area contributed by atoms with Crippen LogP contribution in [0.25, 0.3) is 0 Å². The largest absolute Gasteiger partial charge is 0.356 e. The summed E-state index contributed by atoms with van der Waals surface area (Å²) in [5, 5.41) is 3.45. The van der Waals surface area contributed by atoms with Gasteiger partial charge in [-0.3, -0.25) is 0 Å². The van der Waals surface area contributed by atoms with Crippen LogP contribution < -0.4 is 5.32 Å². The van der Waals surface area contributed by atoms with Gasteiger partial charge >= 0.3 is 0 Å². The van der Waals surface area contributed by atoms with E-state index in [2.05, 4.69) is 53.9 Å². The second-order valence-electron chi connectivity index (χ2n) is 6.09. The summed E-state index contributed by atoms with van der Waals surface area (Å²) < 4.78 is 2.32. The Morgan fingerprint density at radius 2 is 2.05 bits per heavy atom. The molecule has 0 spiro atoms. The van der Waals surface area contributed by atoms with Crippen molar-refractivity contribution in [2.45, 2.75) is 58.0 Å². The van der Waals surface area contributed by atoms with Crippen LogP contribution in [0.15, 0.2) is 6.20 Å². The van der Waals surface area contributed by atoms with Crippen LogP contribution in [0.1, 0.15) is 44.7 Å². The smallest absolute Gasteiger partial charge is 0.203 e. The van der Waals surface area contributed by atoms with E-state index in [1.807, 2.05) is 0 Å². The SMILES string of the molecule is CCCNc1nc(C)cn1CC1(N(C)C)CCCC1. The van der Waals surface area contributed by atoms with Crippen molar-refractivity contribution in [3.05, 3.63) is 11.9 Å². The minimum Gasteiger partial charge on any atom is -0.356 e. The fourth-order valence-corrected chi connectivity index (χ4v) is 3.14. The van der Waals surface area contributed by atoms with Crippen molar-refractivity contribution in [3.8, 4) is 0 Å². The van der Waals surface area contributed by atoms with E-state index in [0.29, 0.717) is 5.54 Å². The van der Waals surface area contributed by atoms with Crippen LogP contribution in [0.5, 0.6) is 0 Å².